The number of amides is 1. The highest BCUT2D eigenvalue weighted by atomic mass is 35.5. The van der Waals surface area contributed by atoms with Crippen LogP contribution >= 0.6 is 23.2 Å². The van der Waals surface area contributed by atoms with E-state index in [1.165, 1.54) is 6.07 Å². The van der Waals surface area contributed by atoms with Crippen LogP contribution in [-0.4, -0.2) is 10.9 Å². The number of anilines is 1. The molecule has 0 spiro atoms. The van der Waals surface area contributed by atoms with Gasteiger partial charge in [0.05, 0.1) is 22.3 Å². The third kappa shape index (κ3) is 3.22. The highest BCUT2D eigenvalue weighted by molar-refractivity contribution is 6.34. The molecule has 2 aromatic rings. The third-order valence-electron chi connectivity index (χ3n) is 2.29. The highest BCUT2D eigenvalue weighted by Gasteiger charge is 2.10. The Balaban J connectivity index is 2.22. The van der Waals surface area contributed by atoms with Gasteiger partial charge in [-0.15, -0.1) is 0 Å². The number of halogens is 2. The molecule has 0 radical (unpaired) electrons. The van der Waals surface area contributed by atoms with Gasteiger partial charge in [-0.3, -0.25) is 4.79 Å². The molecule has 6 heteroatoms. The molecule has 1 aromatic carbocycles. The van der Waals surface area contributed by atoms with Crippen molar-refractivity contribution in [2.24, 2.45) is 0 Å². The zero-order chi connectivity index (χ0) is 13.8. The Hall–Kier alpha value is -2.09. The Morgan fingerprint density at radius 2 is 2.05 bits per heavy atom. The highest BCUT2D eigenvalue weighted by Crippen LogP contribution is 2.23. The number of rotatable bonds is 2. The molecule has 19 heavy (non-hydrogen) atoms. The molecule has 1 aromatic heterocycles. The molecule has 4 nitrogen and oxygen atoms in total. The Morgan fingerprint density at radius 1 is 1.26 bits per heavy atom. The number of pyridine rings is 1. The minimum absolute atomic E-state index is 0.188. The fourth-order valence-corrected chi connectivity index (χ4v) is 1.80. The van der Waals surface area contributed by atoms with E-state index >= 15 is 0 Å². The second-order valence-corrected chi connectivity index (χ2v) is 4.40. The normalized spacial score (nSPS) is 9.74. The Labute approximate surface area is 119 Å². The molecule has 0 aliphatic carbocycles. The fraction of sp³-hybridized carbons (Fsp3) is 0. The maximum atomic E-state index is 11.9. The van der Waals surface area contributed by atoms with Crippen molar-refractivity contribution in [3.8, 4) is 6.07 Å². The number of aromatic nitrogens is 1. The molecule has 0 aliphatic rings. The van der Waals surface area contributed by atoms with Crippen molar-refractivity contribution in [3.63, 3.8) is 0 Å². The van der Waals surface area contributed by atoms with Crippen molar-refractivity contribution in [1.82, 2.24) is 4.98 Å². The van der Waals surface area contributed by atoms with Crippen LogP contribution < -0.4 is 5.32 Å². The van der Waals surface area contributed by atoms with Crippen LogP contribution in [0.25, 0.3) is 0 Å². The van der Waals surface area contributed by atoms with E-state index < -0.39 is 5.91 Å². The van der Waals surface area contributed by atoms with E-state index in [0.29, 0.717) is 11.3 Å². The number of nitrogens with zero attached hydrogens (tertiary/aromatic N) is 2. The van der Waals surface area contributed by atoms with E-state index in [9.17, 15) is 4.79 Å². The Morgan fingerprint density at radius 3 is 2.68 bits per heavy atom. The van der Waals surface area contributed by atoms with Crippen molar-refractivity contribution in [2.45, 2.75) is 0 Å². The molecule has 0 fully saturated rings. The maximum Gasteiger partial charge on any atom is 0.274 e. The molecule has 0 saturated carbocycles. The number of nitriles is 1. The van der Waals surface area contributed by atoms with Gasteiger partial charge in [-0.05, 0) is 30.3 Å². The lowest BCUT2D eigenvalue weighted by atomic mass is 10.2. The van der Waals surface area contributed by atoms with E-state index in [0.717, 1.165) is 0 Å². The van der Waals surface area contributed by atoms with Gasteiger partial charge < -0.3 is 5.32 Å². The average Bonchev–Trinajstić information content (AvgIpc) is 2.41. The van der Waals surface area contributed by atoms with Crippen LogP contribution in [0.15, 0.2) is 36.4 Å². The predicted octanol–water partition coefficient (Wildman–Crippen LogP) is 3.51. The van der Waals surface area contributed by atoms with Crippen LogP contribution in [0.1, 0.15) is 16.1 Å². The molecule has 0 atom stereocenters. The zero-order valence-electron chi connectivity index (χ0n) is 9.52. The zero-order valence-corrected chi connectivity index (χ0v) is 11.0. The van der Waals surface area contributed by atoms with E-state index in [4.69, 9.17) is 28.5 Å². The van der Waals surface area contributed by atoms with E-state index in [1.807, 2.05) is 6.07 Å². The molecule has 1 heterocycles. The minimum Gasteiger partial charge on any atom is -0.319 e. The molecular weight excluding hydrogens is 285 g/mol. The van der Waals surface area contributed by atoms with Gasteiger partial charge in [0, 0.05) is 0 Å². The average molecular weight is 292 g/mol. The van der Waals surface area contributed by atoms with Crippen LogP contribution in [0.4, 0.5) is 5.69 Å². The van der Waals surface area contributed by atoms with E-state index in [-0.39, 0.29) is 15.9 Å². The third-order valence-corrected chi connectivity index (χ3v) is 2.82. The minimum atomic E-state index is -0.422. The summed E-state index contributed by atoms with van der Waals surface area (Å²) in [7, 11) is 0. The summed E-state index contributed by atoms with van der Waals surface area (Å²) in [5.74, 6) is -0.422. The number of carbonyl (C=O) groups excluding carboxylic acids is 1. The number of hydrogen-bond acceptors (Lipinski definition) is 3. The standard InChI is InChI=1S/C13H7Cl2N3O/c14-9-6-8(7-16)4-5-10(9)18-13(19)11-2-1-3-12(15)17-11/h1-6H,(H,18,19). The van der Waals surface area contributed by atoms with Gasteiger partial charge >= 0.3 is 0 Å². The molecule has 0 saturated heterocycles. The van der Waals surface area contributed by atoms with Gasteiger partial charge in [0.2, 0.25) is 0 Å². The summed E-state index contributed by atoms with van der Waals surface area (Å²) in [4.78, 5) is 15.8. The smallest absolute Gasteiger partial charge is 0.274 e. The molecule has 0 unspecified atom stereocenters. The fourth-order valence-electron chi connectivity index (χ4n) is 1.41. The number of carbonyl (C=O) groups is 1. The molecular formula is C13H7Cl2N3O. The van der Waals surface area contributed by atoms with Crippen molar-refractivity contribution in [2.75, 3.05) is 5.32 Å². The number of nitrogens with one attached hydrogen (secondary N) is 1. The summed E-state index contributed by atoms with van der Waals surface area (Å²) in [6.07, 6.45) is 0. The van der Waals surface area contributed by atoms with Gasteiger partial charge in [0.15, 0.2) is 0 Å². The lowest BCUT2D eigenvalue weighted by molar-refractivity contribution is 0.102. The molecule has 94 valence electrons. The molecule has 0 bridgehead atoms. The lowest BCUT2D eigenvalue weighted by Gasteiger charge is -2.07. The summed E-state index contributed by atoms with van der Waals surface area (Å²) in [5, 5.41) is 11.8. The Bertz CT molecular complexity index is 680. The van der Waals surface area contributed by atoms with E-state index in [1.54, 1.807) is 30.3 Å². The molecule has 1 N–H and O–H groups in total. The van der Waals surface area contributed by atoms with Crippen molar-refractivity contribution in [3.05, 3.63) is 57.8 Å². The van der Waals surface area contributed by atoms with Crippen molar-refractivity contribution < 1.29 is 4.79 Å². The number of hydrogen-bond donors (Lipinski definition) is 1. The van der Waals surface area contributed by atoms with Crippen LogP contribution in [0.2, 0.25) is 10.2 Å². The van der Waals surface area contributed by atoms with E-state index in [2.05, 4.69) is 10.3 Å². The first-order chi connectivity index (χ1) is 9.10. The second-order valence-electron chi connectivity index (χ2n) is 3.61. The van der Waals surface area contributed by atoms with Crippen molar-refractivity contribution >= 4 is 34.8 Å². The first-order valence-electron chi connectivity index (χ1n) is 5.23. The Kier molecular flexibility index (Phi) is 4.00. The summed E-state index contributed by atoms with van der Waals surface area (Å²) in [6.45, 7) is 0. The number of benzene rings is 1. The van der Waals surface area contributed by atoms with Gasteiger partial charge in [0.25, 0.3) is 5.91 Å². The monoisotopic (exact) mass is 291 g/mol. The van der Waals surface area contributed by atoms with Crippen LogP contribution in [0, 0.1) is 11.3 Å². The topological polar surface area (TPSA) is 65.8 Å². The van der Waals surface area contributed by atoms with Crippen LogP contribution in [0.5, 0.6) is 0 Å². The summed E-state index contributed by atoms with van der Waals surface area (Å²) >= 11 is 11.7. The van der Waals surface area contributed by atoms with Gasteiger partial charge in [-0.25, -0.2) is 4.98 Å². The predicted molar refractivity (Wildman–Crippen MR) is 73.4 cm³/mol. The largest absolute Gasteiger partial charge is 0.319 e. The summed E-state index contributed by atoms with van der Waals surface area (Å²) in [6, 6.07) is 11.3. The maximum absolute atomic E-state index is 11.9. The summed E-state index contributed by atoms with van der Waals surface area (Å²) < 4.78 is 0. The summed E-state index contributed by atoms with van der Waals surface area (Å²) in [5.41, 5.74) is 1.02. The van der Waals surface area contributed by atoms with Gasteiger partial charge in [0.1, 0.15) is 10.8 Å². The SMILES string of the molecule is N#Cc1ccc(NC(=O)c2cccc(Cl)n2)c(Cl)c1. The molecule has 1 amide bonds. The van der Waals surface area contributed by atoms with Crippen molar-refractivity contribution in [1.29, 1.82) is 5.26 Å². The van der Waals surface area contributed by atoms with Crippen LogP contribution in [0.3, 0.4) is 0 Å². The first kappa shape index (κ1) is 13.3. The first-order valence-corrected chi connectivity index (χ1v) is 5.99. The molecule has 0 aliphatic heterocycles. The quantitative estimate of drug-likeness (QED) is 0.861. The second kappa shape index (κ2) is 5.70. The van der Waals surface area contributed by atoms with Crippen LogP contribution in [-0.2, 0) is 0 Å². The van der Waals surface area contributed by atoms with Gasteiger partial charge in [-0.1, -0.05) is 29.3 Å². The molecule has 2 rings (SSSR count). The van der Waals surface area contributed by atoms with Gasteiger partial charge in [-0.2, -0.15) is 5.26 Å². The lowest BCUT2D eigenvalue weighted by Crippen LogP contribution is -2.13.